The Bertz CT molecular complexity index is 694. The number of benzene rings is 2. The van der Waals surface area contributed by atoms with E-state index in [1.807, 2.05) is 62.4 Å². The van der Waals surface area contributed by atoms with Crippen molar-refractivity contribution < 1.29 is 14.3 Å². The van der Waals surface area contributed by atoms with Gasteiger partial charge in [0.05, 0.1) is 12.0 Å². The molecule has 126 valence electrons. The summed E-state index contributed by atoms with van der Waals surface area (Å²) in [5.41, 5.74) is 2.15. The van der Waals surface area contributed by atoms with Crippen LogP contribution < -0.4 is 14.8 Å². The molecule has 1 atom stereocenters. The number of hydrogen-bond donors (Lipinski definition) is 1. The van der Waals surface area contributed by atoms with Gasteiger partial charge in [0.2, 0.25) is 5.91 Å². The van der Waals surface area contributed by atoms with Crippen LogP contribution in [0.15, 0.2) is 48.5 Å². The van der Waals surface area contributed by atoms with Gasteiger partial charge in [-0.1, -0.05) is 30.3 Å². The molecule has 0 fully saturated rings. The molecule has 4 heteroatoms. The number of rotatable bonds is 5. The highest BCUT2D eigenvalue weighted by Gasteiger charge is 2.25. The Morgan fingerprint density at radius 2 is 1.96 bits per heavy atom. The second-order valence-corrected chi connectivity index (χ2v) is 6.35. The quantitative estimate of drug-likeness (QED) is 0.917. The van der Waals surface area contributed by atoms with Crippen molar-refractivity contribution in [3.05, 3.63) is 59.7 Å². The molecule has 1 N–H and O–H groups in total. The van der Waals surface area contributed by atoms with E-state index in [-0.39, 0.29) is 17.9 Å². The first-order valence-electron chi connectivity index (χ1n) is 8.36. The van der Waals surface area contributed by atoms with E-state index in [1.165, 1.54) is 0 Å². The van der Waals surface area contributed by atoms with E-state index in [9.17, 15) is 4.79 Å². The fraction of sp³-hybridized carbons (Fsp3) is 0.350. The van der Waals surface area contributed by atoms with Gasteiger partial charge in [0.15, 0.2) is 0 Å². The van der Waals surface area contributed by atoms with Gasteiger partial charge in [-0.3, -0.25) is 4.79 Å². The maximum absolute atomic E-state index is 12.4. The van der Waals surface area contributed by atoms with Gasteiger partial charge in [-0.05, 0) is 49.6 Å². The van der Waals surface area contributed by atoms with Crippen molar-refractivity contribution in [1.29, 1.82) is 0 Å². The summed E-state index contributed by atoms with van der Waals surface area (Å²) in [5.74, 6) is 1.63. The first-order valence-corrected chi connectivity index (χ1v) is 8.36. The molecule has 0 saturated carbocycles. The lowest BCUT2D eigenvalue weighted by atomic mass is 9.96. The lowest BCUT2D eigenvalue weighted by Crippen LogP contribution is -2.37. The largest absolute Gasteiger partial charge is 0.492 e. The maximum atomic E-state index is 12.4. The Kier molecular flexibility index (Phi) is 5.04. The van der Waals surface area contributed by atoms with E-state index in [0.717, 1.165) is 29.0 Å². The summed E-state index contributed by atoms with van der Waals surface area (Å²) < 4.78 is 11.3. The van der Waals surface area contributed by atoms with E-state index in [0.29, 0.717) is 13.2 Å². The van der Waals surface area contributed by atoms with Crippen LogP contribution in [0, 0.1) is 5.92 Å². The zero-order valence-electron chi connectivity index (χ0n) is 14.1. The highest BCUT2D eigenvalue weighted by molar-refractivity contribution is 5.79. The van der Waals surface area contributed by atoms with Crippen LogP contribution in [0.3, 0.4) is 0 Å². The van der Waals surface area contributed by atoms with Gasteiger partial charge in [0.25, 0.3) is 0 Å². The van der Waals surface area contributed by atoms with Crippen molar-refractivity contribution in [3.8, 4) is 11.5 Å². The first-order chi connectivity index (χ1) is 11.6. The highest BCUT2D eigenvalue weighted by Crippen LogP contribution is 2.26. The Morgan fingerprint density at radius 3 is 2.71 bits per heavy atom. The lowest BCUT2D eigenvalue weighted by Gasteiger charge is -2.24. The van der Waals surface area contributed by atoms with Crippen molar-refractivity contribution in [3.63, 3.8) is 0 Å². The minimum Gasteiger partial charge on any atom is -0.492 e. The summed E-state index contributed by atoms with van der Waals surface area (Å²) >= 11 is 0. The second kappa shape index (κ2) is 7.39. The minimum atomic E-state index is -0.136. The maximum Gasteiger partial charge on any atom is 0.227 e. The molecule has 1 amide bonds. The average Bonchev–Trinajstić information content (AvgIpc) is 2.60. The highest BCUT2D eigenvalue weighted by atomic mass is 16.5. The molecule has 0 unspecified atom stereocenters. The van der Waals surface area contributed by atoms with Crippen LogP contribution in [0.2, 0.25) is 0 Å². The van der Waals surface area contributed by atoms with E-state index in [4.69, 9.17) is 9.47 Å². The Hall–Kier alpha value is -2.49. The van der Waals surface area contributed by atoms with Crippen molar-refractivity contribution in [2.24, 2.45) is 5.92 Å². The third kappa shape index (κ3) is 4.07. The fourth-order valence-electron chi connectivity index (χ4n) is 2.79. The summed E-state index contributed by atoms with van der Waals surface area (Å²) in [6.07, 6.45) is 0.883. The van der Waals surface area contributed by atoms with E-state index < -0.39 is 0 Å². The summed E-state index contributed by atoms with van der Waals surface area (Å²) in [4.78, 5) is 12.4. The standard InChI is InChI=1S/C20H23NO3/c1-14(2)24-18-9-7-15(8-10-18)12-21-20(22)17-11-16-5-3-4-6-19(16)23-13-17/h3-10,14,17H,11-13H2,1-2H3,(H,21,22)/t17-/m0/s1. The number of nitrogens with one attached hydrogen (secondary N) is 1. The van der Waals surface area contributed by atoms with Gasteiger partial charge in [-0.15, -0.1) is 0 Å². The van der Waals surface area contributed by atoms with Gasteiger partial charge in [0.1, 0.15) is 18.1 Å². The molecule has 2 aromatic rings. The molecular formula is C20H23NO3. The van der Waals surface area contributed by atoms with Gasteiger partial charge >= 0.3 is 0 Å². The molecule has 0 spiro atoms. The first kappa shape index (κ1) is 16.4. The van der Waals surface area contributed by atoms with Crippen LogP contribution in [0.25, 0.3) is 0 Å². The number of carbonyl (C=O) groups is 1. The number of fused-ring (bicyclic) bond motifs is 1. The molecule has 1 aliphatic rings. The molecule has 0 bridgehead atoms. The molecule has 0 saturated heterocycles. The van der Waals surface area contributed by atoms with Crippen LogP contribution in [0.4, 0.5) is 0 Å². The van der Waals surface area contributed by atoms with Crippen molar-refractivity contribution in [2.75, 3.05) is 6.61 Å². The SMILES string of the molecule is CC(C)Oc1ccc(CNC(=O)[C@@H]2COc3ccccc3C2)cc1. The van der Waals surface area contributed by atoms with E-state index >= 15 is 0 Å². The molecular weight excluding hydrogens is 302 g/mol. The third-order valence-corrected chi connectivity index (χ3v) is 4.01. The van der Waals surface area contributed by atoms with Crippen molar-refractivity contribution >= 4 is 5.91 Å². The molecule has 0 radical (unpaired) electrons. The van der Waals surface area contributed by atoms with Gasteiger partial charge in [-0.2, -0.15) is 0 Å². The van der Waals surface area contributed by atoms with Gasteiger partial charge < -0.3 is 14.8 Å². The molecule has 24 heavy (non-hydrogen) atoms. The van der Waals surface area contributed by atoms with Crippen LogP contribution in [0.1, 0.15) is 25.0 Å². The number of amides is 1. The average molecular weight is 325 g/mol. The zero-order valence-corrected chi connectivity index (χ0v) is 14.1. The predicted octanol–water partition coefficient (Wildman–Crippen LogP) is 3.34. The van der Waals surface area contributed by atoms with Crippen LogP contribution in [0.5, 0.6) is 11.5 Å². The molecule has 2 aromatic carbocycles. The number of para-hydroxylation sites is 1. The topological polar surface area (TPSA) is 47.6 Å². The second-order valence-electron chi connectivity index (χ2n) is 6.35. The van der Waals surface area contributed by atoms with Crippen LogP contribution in [-0.4, -0.2) is 18.6 Å². The molecule has 0 aromatic heterocycles. The smallest absolute Gasteiger partial charge is 0.227 e. The summed E-state index contributed by atoms with van der Waals surface area (Å²) in [5, 5.41) is 3.00. The molecule has 4 nitrogen and oxygen atoms in total. The number of hydrogen-bond acceptors (Lipinski definition) is 3. The zero-order chi connectivity index (χ0) is 16.9. The normalized spacial score (nSPS) is 16.2. The Morgan fingerprint density at radius 1 is 1.21 bits per heavy atom. The van der Waals surface area contributed by atoms with E-state index in [1.54, 1.807) is 0 Å². The van der Waals surface area contributed by atoms with Gasteiger partial charge in [0, 0.05) is 6.54 Å². The van der Waals surface area contributed by atoms with Crippen LogP contribution >= 0.6 is 0 Å². The molecule has 0 aliphatic carbocycles. The summed E-state index contributed by atoms with van der Waals surface area (Å²) in [7, 11) is 0. The van der Waals surface area contributed by atoms with Crippen LogP contribution in [-0.2, 0) is 17.8 Å². The van der Waals surface area contributed by atoms with E-state index in [2.05, 4.69) is 5.32 Å². The van der Waals surface area contributed by atoms with Gasteiger partial charge in [-0.25, -0.2) is 0 Å². The summed E-state index contributed by atoms with van der Waals surface area (Å²) in [6, 6.07) is 15.7. The number of ether oxygens (including phenoxy) is 2. The molecule has 1 aliphatic heterocycles. The molecule has 3 rings (SSSR count). The third-order valence-electron chi connectivity index (χ3n) is 4.01. The lowest BCUT2D eigenvalue weighted by molar-refractivity contribution is -0.126. The minimum absolute atomic E-state index is 0.0343. The number of carbonyl (C=O) groups excluding carboxylic acids is 1. The fourth-order valence-corrected chi connectivity index (χ4v) is 2.79. The monoisotopic (exact) mass is 325 g/mol. The van der Waals surface area contributed by atoms with Crippen molar-refractivity contribution in [1.82, 2.24) is 5.32 Å². The van der Waals surface area contributed by atoms with Crippen molar-refractivity contribution in [2.45, 2.75) is 32.9 Å². The Labute approximate surface area is 142 Å². The molecule has 1 heterocycles. The predicted molar refractivity (Wildman–Crippen MR) is 93.2 cm³/mol. The summed E-state index contributed by atoms with van der Waals surface area (Å²) in [6.45, 7) is 4.94. The Balaban J connectivity index is 1.53.